The summed E-state index contributed by atoms with van der Waals surface area (Å²) < 4.78 is 6.42. The van der Waals surface area contributed by atoms with E-state index < -0.39 is 0 Å². The smallest absolute Gasteiger partial charge is 0.312 e. The van der Waals surface area contributed by atoms with Gasteiger partial charge in [0.15, 0.2) is 0 Å². The third kappa shape index (κ3) is 2.49. The number of phenols is 1. The number of aromatic hydroxyl groups is 1. The molecule has 4 rings (SSSR count). The van der Waals surface area contributed by atoms with Crippen molar-refractivity contribution < 1.29 is 14.6 Å². The van der Waals surface area contributed by atoms with Crippen LogP contribution >= 0.6 is 15.9 Å². The van der Waals surface area contributed by atoms with Gasteiger partial charge in [0.05, 0.1) is 6.42 Å². The molecular weight excluding hydrogens is 356 g/mol. The van der Waals surface area contributed by atoms with E-state index in [-0.39, 0.29) is 17.6 Å². The van der Waals surface area contributed by atoms with Crippen LogP contribution < -0.4 is 4.74 Å². The van der Waals surface area contributed by atoms with Crippen molar-refractivity contribution in [3.05, 3.63) is 70.2 Å². The van der Waals surface area contributed by atoms with E-state index in [1.165, 1.54) is 0 Å². The summed E-state index contributed by atoms with van der Waals surface area (Å²) in [4.78, 5) is 12.0. The number of ether oxygens (including phenoxy) is 1. The molecule has 0 aliphatic carbocycles. The molecule has 0 saturated carbocycles. The SMILES string of the molecule is O=C1CC(c2ccc(Br)cc2)c2c(ccc3ccc(O)cc23)O1. The van der Waals surface area contributed by atoms with Gasteiger partial charge in [-0.3, -0.25) is 4.79 Å². The predicted molar refractivity (Wildman–Crippen MR) is 91.8 cm³/mol. The number of hydrogen-bond donors (Lipinski definition) is 1. The van der Waals surface area contributed by atoms with Crippen LogP contribution in [0.1, 0.15) is 23.5 Å². The Labute approximate surface area is 141 Å². The van der Waals surface area contributed by atoms with Crippen molar-refractivity contribution in [3.63, 3.8) is 0 Å². The molecule has 1 aliphatic rings. The van der Waals surface area contributed by atoms with Gasteiger partial charge in [-0.1, -0.05) is 40.2 Å². The van der Waals surface area contributed by atoms with Gasteiger partial charge >= 0.3 is 5.97 Å². The molecule has 3 aromatic rings. The van der Waals surface area contributed by atoms with Gasteiger partial charge in [-0.15, -0.1) is 0 Å². The van der Waals surface area contributed by atoms with Crippen LogP contribution in [0, 0.1) is 0 Å². The molecule has 3 aromatic carbocycles. The van der Waals surface area contributed by atoms with E-state index in [0.29, 0.717) is 12.2 Å². The molecule has 1 aliphatic heterocycles. The number of carbonyl (C=O) groups is 1. The maximum atomic E-state index is 12.0. The number of rotatable bonds is 1. The average molecular weight is 369 g/mol. The minimum Gasteiger partial charge on any atom is -0.508 e. The van der Waals surface area contributed by atoms with Gasteiger partial charge in [0.25, 0.3) is 0 Å². The zero-order valence-electron chi connectivity index (χ0n) is 12.1. The fourth-order valence-corrected chi connectivity index (χ4v) is 3.44. The van der Waals surface area contributed by atoms with E-state index in [1.807, 2.05) is 42.5 Å². The quantitative estimate of drug-likeness (QED) is 0.498. The van der Waals surface area contributed by atoms with Crippen molar-refractivity contribution in [2.75, 3.05) is 0 Å². The van der Waals surface area contributed by atoms with E-state index in [9.17, 15) is 9.90 Å². The minimum atomic E-state index is -0.232. The van der Waals surface area contributed by atoms with Crippen molar-refractivity contribution in [2.45, 2.75) is 12.3 Å². The Balaban J connectivity index is 1.98. The highest BCUT2D eigenvalue weighted by Gasteiger charge is 2.30. The van der Waals surface area contributed by atoms with Gasteiger partial charge in [0.1, 0.15) is 11.5 Å². The van der Waals surface area contributed by atoms with Crippen LogP contribution in [0.2, 0.25) is 0 Å². The Morgan fingerprint density at radius 3 is 2.57 bits per heavy atom. The van der Waals surface area contributed by atoms with Crippen LogP contribution in [0.4, 0.5) is 0 Å². The topological polar surface area (TPSA) is 46.5 Å². The second-order valence-corrected chi connectivity index (χ2v) is 6.58. The lowest BCUT2D eigenvalue weighted by atomic mass is 9.83. The summed E-state index contributed by atoms with van der Waals surface area (Å²) in [5, 5.41) is 11.8. The molecule has 1 atom stereocenters. The lowest BCUT2D eigenvalue weighted by Crippen LogP contribution is -2.21. The molecule has 23 heavy (non-hydrogen) atoms. The van der Waals surface area contributed by atoms with Crippen LogP contribution in [0.5, 0.6) is 11.5 Å². The summed E-state index contributed by atoms with van der Waals surface area (Å²) in [6.45, 7) is 0. The number of fused-ring (bicyclic) bond motifs is 3. The second kappa shape index (κ2) is 5.39. The molecule has 0 bridgehead atoms. The van der Waals surface area contributed by atoms with Gasteiger partial charge < -0.3 is 9.84 Å². The Kier molecular flexibility index (Phi) is 3.34. The third-order valence-electron chi connectivity index (χ3n) is 4.22. The summed E-state index contributed by atoms with van der Waals surface area (Å²) >= 11 is 3.44. The number of esters is 1. The van der Waals surface area contributed by atoms with E-state index in [4.69, 9.17) is 4.74 Å². The highest BCUT2D eigenvalue weighted by Crippen LogP contribution is 2.43. The van der Waals surface area contributed by atoms with Crippen LogP contribution in [-0.4, -0.2) is 11.1 Å². The molecule has 0 aromatic heterocycles. The molecule has 0 saturated heterocycles. The minimum absolute atomic E-state index is 0.0788. The summed E-state index contributed by atoms with van der Waals surface area (Å²) in [7, 11) is 0. The molecule has 0 spiro atoms. The highest BCUT2D eigenvalue weighted by atomic mass is 79.9. The van der Waals surface area contributed by atoms with Gasteiger partial charge in [-0.2, -0.15) is 0 Å². The predicted octanol–water partition coefficient (Wildman–Crippen LogP) is 4.75. The molecule has 3 nitrogen and oxygen atoms in total. The zero-order chi connectivity index (χ0) is 16.0. The van der Waals surface area contributed by atoms with E-state index in [0.717, 1.165) is 26.4 Å². The first-order valence-corrected chi connectivity index (χ1v) is 8.13. The van der Waals surface area contributed by atoms with E-state index in [1.54, 1.807) is 12.1 Å². The third-order valence-corrected chi connectivity index (χ3v) is 4.75. The van der Waals surface area contributed by atoms with Crippen LogP contribution in [0.15, 0.2) is 59.1 Å². The van der Waals surface area contributed by atoms with Crippen molar-refractivity contribution in [1.29, 1.82) is 0 Å². The van der Waals surface area contributed by atoms with Crippen LogP contribution in [0.3, 0.4) is 0 Å². The monoisotopic (exact) mass is 368 g/mol. The van der Waals surface area contributed by atoms with Crippen molar-refractivity contribution in [2.24, 2.45) is 0 Å². The normalized spacial score (nSPS) is 16.9. The van der Waals surface area contributed by atoms with Crippen molar-refractivity contribution in [3.8, 4) is 11.5 Å². The first-order valence-electron chi connectivity index (χ1n) is 7.33. The number of halogens is 1. The molecule has 0 radical (unpaired) electrons. The first kappa shape index (κ1) is 14.3. The van der Waals surface area contributed by atoms with E-state index >= 15 is 0 Å². The largest absolute Gasteiger partial charge is 0.508 e. The fraction of sp³-hybridized carbons (Fsp3) is 0.105. The van der Waals surface area contributed by atoms with Gasteiger partial charge in [-0.25, -0.2) is 0 Å². The lowest BCUT2D eigenvalue weighted by molar-refractivity contribution is -0.135. The summed E-state index contributed by atoms with van der Waals surface area (Å²) in [5.74, 6) is 0.472. The number of benzene rings is 3. The zero-order valence-corrected chi connectivity index (χ0v) is 13.7. The van der Waals surface area contributed by atoms with Gasteiger partial charge in [0, 0.05) is 16.0 Å². The van der Waals surface area contributed by atoms with Gasteiger partial charge in [0.2, 0.25) is 0 Å². The molecule has 1 unspecified atom stereocenters. The van der Waals surface area contributed by atoms with Gasteiger partial charge in [-0.05, 0) is 46.7 Å². The van der Waals surface area contributed by atoms with Crippen molar-refractivity contribution in [1.82, 2.24) is 0 Å². The molecule has 0 amide bonds. The Morgan fingerprint density at radius 2 is 1.78 bits per heavy atom. The number of carbonyl (C=O) groups excluding carboxylic acids is 1. The maximum Gasteiger partial charge on any atom is 0.312 e. The second-order valence-electron chi connectivity index (χ2n) is 5.67. The van der Waals surface area contributed by atoms with Crippen LogP contribution in [-0.2, 0) is 4.79 Å². The first-order chi connectivity index (χ1) is 11.1. The molecular formula is C19H13BrO3. The molecule has 1 N–H and O–H groups in total. The standard InChI is InChI=1S/C19H13BrO3/c20-13-5-1-11(2-6-13)16-10-18(22)23-17-8-4-12-3-7-14(21)9-15(12)19(16)17/h1-9,16,21H,10H2. The average Bonchev–Trinajstić information content (AvgIpc) is 2.54. The maximum absolute atomic E-state index is 12.0. The Morgan fingerprint density at radius 1 is 1.04 bits per heavy atom. The fourth-order valence-electron chi connectivity index (χ4n) is 3.17. The Bertz CT molecular complexity index is 916. The molecule has 1 heterocycles. The Hall–Kier alpha value is -2.33. The number of phenolic OH excluding ortho intramolecular Hbond substituents is 1. The van der Waals surface area contributed by atoms with E-state index in [2.05, 4.69) is 15.9 Å². The summed E-state index contributed by atoms with van der Waals surface area (Å²) in [6, 6.07) is 17.0. The molecule has 114 valence electrons. The summed E-state index contributed by atoms with van der Waals surface area (Å²) in [5.41, 5.74) is 2.02. The lowest BCUT2D eigenvalue weighted by Gasteiger charge is -2.26. The highest BCUT2D eigenvalue weighted by molar-refractivity contribution is 9.10. The van der Waals surface area contributed by atoms with Crippen LogP contribution in [0.25, 0.3) is 10.8 Å². The molecule has 4 heteroatoms. The summed E-state index contributed by atoms with van der Waals surface area (Å²) in [6.07, 6.45) is 0.295. The van der Waals surface area contributed by atoms with Crippen molar-refractivity contribution >= 4 is 32.7 Å². The molecule has 0 fully saturated rings. The number of hydrogen-bond acceptors (Lipinski definition) is 3.